The summed E-state index contributed by atoms with van der Waals surface area (Å²) in [4.78, 5) is 14.6. The van der Waals surface area contributed by atoms with Gasteiger partial charge in [-0.3, -0.25) is 4.79 Å². The van der Waals surface area contributed by atoms with Gasteiger partial charge >= 0.3 is 0 Å². The summed E-state index contributed by atoms with van der Waals surface area (Å²) < 4.78 is 5.42. The maximum atomic E-state index is 12.5. The first-order valence-corrected chi connectivity index (χ1v) is 8.67. The van der Waals surface area contributed by atoms with E-state index in [0.29, 0.717) is 17.9 Å². The van der Waals surface area contributed by atoms with Crippen LogP contribution in [0.4, 0.5) is 0 Å². The molecule has 0 radical (unpaired) electrons. The van der Waals surface area contributed by atoms with Crippen molar-refractivity contribution >= 4 is 17.7 Å². The van der Waals surface area contributed by atoms with Crippen LogP contribution < -0.4 is 0 Å². The second-order valence-corrected chi connectivity index (χ2v) is 7.53. The second-order valence-electron chi connectivity index (χ2n) is 5.96. The number of amides is 1. The number of carbonyl (C=O) groups excluding carboxylic acids is 1. The van der Waals surface area contributed by atoms with E-state index < -0.39 is 0 Å². The number of hydrogen-bond acceptors (Lipinski definition) is 3. The van der Waals surface area contributed by atoms with Crippen LogP contribution in [0.3, 0.4) is 0 Å². The predicted molar refractivity (Wildman–Crippen MR) is 81.9 cm³/mol. The van der Waals surface area contributed by atoms with Crippen molar-refractivity contribution in [3.63, 3.8) is 0 Å². The van der Waals surface area contributed by atoms with E-state index in [1.807, 2.05) is 35.8 Å². The van der Waals surface area contributed by atoms with Gasteiger partial charge in [0.25, 0.3) is 0 Å². The average molecular weight is 293 g/mol. The van der Waals surface area contributed by atoms with Crippen LogP contribution in [0, 0.1) is 5.92 Å². The highest BCUT2D eigenvalue weighted by Gasteiger charge is 2.48. The lowest BCUT2D eigenvalue weighted by Crippen LogP contribution is -2.36. The lowest BCUT2D eigenvalue weighted by Gasteiger charge is -2.25. The quantitative estimate of drug-likeness (QED) is 0.833. The molecular weight excluding hydrogens is 270 g/mol. The number of carbonyl (C=O) groups is 1. The summed E-state index contributed by atoms with van der Waals surface area (Å²) in [5, 5.41) is 0.750. The van der Waals surface area contributed by atoms with Gasteiger partial charge in [0.2, 0.25) is 5.91 Å². The van der Waals surface area contributed by atoms with E-state index in [1.165, 1.54) is 18.6 Å². The minimum Gasteiger partial charge on any atom is -0.469 e. The summed E-state index contributed by atoms with van der Waals surface area (Å²) in [5.41, 5.74) is 0. The minimum absolute atomic E-state index is 0.157. The molecule has 1 amide bonds. The van der Waals surface area contributed by atoms with Gasteiger partial charge in [0.05, 0.1) is 6.26 Å². The van der Waals surface area contributed by atoms with E-state index in [2.05, 4.69) is 6.92 Å². The first-order chi connectivity index (χ1) is 9.70. The van der Waals surface area contributed by atoms with Crippen LogP contribution in [-0.4, -0.2) is 34.9 Å². The molecule has 0 saturated heterocycles. The molecule has 1 heterocycles. The van der Waals surface area contributed by atoms with Crippen molar-refractivity contribution in [2.24, 2.45) is 5.92 Å². The Bertz CT molecular complexity index is 459. The van der Waals surface area contributed by atoms with Gasteiger partial charge in [-0.05, 0) is 43.6 Å². The third-order valence-corrected chi connectivity index (χ3v) is 5.90. The maximum absolute atomic E-state index is 12.5. The van der Waals surface area contributed by atoms with Gasteiger partial charge in [0.15, 0.2) is 0 Å². The van der Waals surface area contributed by atoms with Crippen LogP contribution in [0.25, 0.3) is 0 Å². The lowest BCUT2D eigenvalue weighted by atomic mass is 10.2. The zero-order chi connectivity index (χ0) is 14.1. The van der Waals surface area contributed by atoms with E-state index in [4.69, 9.17) is 4.42 Å². The van der Waals surface area contributed by atoms with E-state index in [1.54, 1.807) is 6.26 Å². The van der Waals surface area contributed by atoms with Gasteiger partial charge in [-0.15, -0.1) is 0 Å². The Morgan fingerprint density at radius 2 is 2.30 bits per heavy atom. The number of thioether (sulfide) groups is 1. The summed E-state index contributed by atoms with van der Waals surface area (Å²) in [7, 11) is 1.99. The van der Waals surface area contributed by atoms with Crippen LogP contribution in [0.15, 0.2) is 22.8 Å². The van der Waals surface area contributed by atoms with E-state index in [0.717, 1.165) is 23.9 Å². The normalized spacial score (nSPS) is 32.3. The first-order valence-electron chi connectivity index (χ1n) is 7.62. The fourth-order valence-corrected chi connectivity index (χ4v) is 4.51. The van der Waals surface area contributed by atoms with E-state index in [-0.39, 0.29) is 5.92 Å². The summed E-state index contributed by atoms with van der Waals surface area (Å²) >= 11 is 2.04. The van der Waals surface area contributed by atoms with Crippen molar-refractivity contribution in [3.05, 3.63) is 24.2 Å². The Morgan fingerprint density at radius 3 is 3.00 bits per heavy atom. The summed E-state index contributed by atoms with van der Waals surface area (Å²) in [6.07, 6.45) is 6.24. The molecule has 4 atom stereocenters. The van der Waals surface area contributed by atoms with Crippen molar-refractivity contribution in [3.8, 4) is 0 Å². The molecule has 2 aliphatic carbocycles. The van der Waals surface area contributed by atoms with E-state index >= 15 is 0 Å². The molecule has 2 fully saturated rings. The highest BCUT2D eigenvalue weighted by Crippen LogP contribution is 2.49. The molecule has 0 aliphatic heterocycles. The molecule has 110 valence electrons. The van der Waals surface area contributed by atoms with Crippen LogP contribution in [0.1, 0.15) is 44.3 Å². The average Bonchev–Trinajstić information content (AvgIpc) is 2.89. The standard InChI is InChI=1S/C16H23NO2S/c1-3-20-12-7-6-11(9-12)17(2)16(18)14-10-13(14)15-5-4-8-19-15/h4-5,8,11-14H,3,6-7,9-10H2,1-2H3/t11-,12+,13+,14+/m0/s1. The largest absolute Gasteiger partial charge is 0.469 e. The molecule has 20 heavy (non-hydrogen) atoms. The fourth-order valence-electron chi connectivity index (χ4n) is 3.38. The number of hydrogen-bond donors (Lipinski definition) is 0. The molecule has 3 nitrogen and oxygen atoms in total. The van der Waals surface area contributed by atoms with Crippen LogP contribution in [0.5, 0.6) is 0 Å². The molecule has 0 N–H and O–H groups in total. The highest BCUT2D eigenvalue weighted by molar-refractivity contribution is 7.99. The van der Waals surface area contributed by atoms with E-state index in [9.17, 15) is 4.79 Å². The molecule has 1 aromatic heterocycles. The second kappa shape index (κ2) is 5.84. The molecule has 0 unspecified atom stereocenters. The van der Waals surface area contributed by atoms with Crippen molar-refractivity contribution in [2.75, 3.05) is 12.8 Å². The molecule has 0 spiro atoms. The molecule has 2 saturated carbocycles. The molecule has 0 bridgehead atoms. The topological polar surface area (TPSA) is 33.5 Å². The van der Waals surface area contributed by atoms with Gasteiger partial charge in [-0.25, -0.2) is 0 Å². The van der Waals surface area contributed by atoms with Gasteiger partial charge in [-0.2, -0.15) is 11.8 Å². The van der Waals surface area contributed by atoms with Crippen molar-refractivity contribution < 1.29 is 9.21 Å². The number of nitrogens with zero attached hydrogens (tertiary/aromatic N) is 1. The van der Waals surface area contributed by atoms with Crippen molar-refractivity contribution in [2.45, 2.75) is 49.8 Å². The minimum atomic E-state index is 0.157. The summed E-state index contributed by atoms with van der Waals surface area (Å²) in [6.45, 7) is 2.21. The van der Waals surface area contributed by atoms with Crippen molar-refractivity contribution in [1.82, 2.24) is 4.90 Å². The third kappa shape index (κ3) is 2.76. The first kappa shape index (κ1) is 14.1. The van der Waals surface area contributed by atoms with Crippen LogP contribution >= 0.6 is 11.8 Å². The Morgan fingerprint density at radius 1 is 1.45 bits per heavy atom. The van der Waals surface area contributed by atoms with Gasteiger partial charge in [0, 0.05) is 30.2 Å². The number of rotatable bonds is 5. The Labute approximate surface area is 125 Å². The SMILES string of the molecule is CCS[C@@H]1CC[C@H](N(C)C(=O)[C@@H]2C[C@H]2c2ccco2)C1. The molecular formula is C16H23NO2S. The number of furan rings is 1. The molecule has 0 aromatic carbocycles. The maximum Gasteiger partial charge on any atom is 0.226 e. The van der Waals surface area contributed by atoms with Gasteiger partial charge in [-0.1, -0.05) is 6.92 Å². The lowest BCUT2D eigenvalue weighted by molar-refractivity contribution is -0.133. The third-order valence-electron chi connectivity index (χ3n) is 4.67. The Hall–Kier alpha value is -0.900. The zero-order valence-corrected chi connectivity index (χ0v) is 13.1. The van der Waals surface area contributed by atoms with Gasteiger partial charge in [0.1, 0.15) is 5.76 Å². The van der Waals surface area contributed by atoms with Gasteiger partial charge < -0.3 is 9.32 Å². The predicted octanol–water partition coefficient (Wildman–Crippen LogP) is 3.52. The fraction of sp³-hybridized carbons (Fsp3) is 0.688. The smallest absolute Gasteiger partial charge is 0.226 e. The molecule has 1 aromatic rings. The highest BCUT2D eigenvalue weighted by atomic mass is 32.2. The Kier molecular flexibility index (Phi) is 4.11. The summed E-state index contributed by atoms with van der Waals surface area (Å²) in [5.74, 6) is 2.95. The van der Waals surface area contributed by atoms with Crippen molar-refractivity contribution in [1.29, 1.82) is 0 Å². The zero-order valence-electron chi connectivity index (χ0n) is 12.2. The molecule has 2 aliphatic rings. The van der Waals surface area contributed by atoms with Crippen LogP contribution in [0.2, 0.25) is 0 Å². The monoisotopic (exact) mass is 293 g/mol. The summed E-state index contributed by atoms with van der Waals surface area (Å²) in [6, 6.07) is 4.34. The molecule has 3 rings (SSSR count). The Balaban J connectivity index is 1.53. The van der Waals surface area contributed by atoms with Crippen LogP contribution in [-0.2, 0) is 4.79 Å². The molecule has 4 heteroatoms.